The first kappa shape index (κ1) is 24.6. The van der Waals surface area contributed by atoms with Crippen LogP contribution in [0.3, 0.4) is 0 Å². The van der Waals surface area contributed by atoms with Crippen molar-refractivity contribution in [1.29, 1.82) is 5.26 Å². The highest BCUT2D eigenvalue weighted by Gasteiger charge is 2.30. The summed E-state index contributed by atoms with van der Waals surface area (Å²) in [5.74, 6) is 0.265. The summed E-state index contributed by atoms with van der Waals surface area (Å²) < 4.78 is 5.95. The van der Waals surface area contributed by atoms with E-state index < -0.39 is 23.9 Å². The Labute approximate surface area is 205 Å². The number of rotatable bonds is 11. The van der Waals surface area contributed by atoms with Crippen LogP contribution in [0.1, 0.15) is 56.4 Å². The number of nitrogens with one attached hydrogen (secondary N) is 4. The largest absolute Gasteiger partial charge is 0.493 e. The summed E-state index contributed by atoms with van der Waals surface area (Å²) in [6, 6.07) is 7.86. The van der Waals surface area contributed by atoms with E-state index in [1.807, 2.05) is 32.0 Å². The highest BCUT2D eigenvalue weighted by molar-refractivity contribution is 6.01. The molecule has 2 aliphatic rings. The van der Waals surface area contributed by atoms with Crippen molar-refractivity contribution in [1.82, 2.24) is 20.9 Å². The van der Waals surface area contributed by atoms with Gasteiger partial charge in [-0.1, -0.05) is 19.9 Å². The van der Waals surface area contributed by atoms with Gasteiger partial charge in [0.05, 0.1) is 12.7 Å². The molecule has 0 bridgehead atoms. The van der Waals surface area contributed by atoms with Gasteiger partial charge in [0.25, 0.3) is 5.91 Å². The van der Waals surface area contributed by atoms with Crippen molar-refractivity contribution in [2.45, 2.75) is 58.0 Å². The predicted octanol–water partition coefficient (Wildman–Crippen LogP) is 2.64. The number of amides is 3. The van der Waals surface area contributed by atoms with Crippen molar-refractivity contribution in [3.63, 3.8) is 0 Å². The predicted molar refractivity (Wildman–Crippen MR) is 131 cm³/mol. The molecule has 3 amide bonds. The average Bonchev–Trinajstić information content (AvgIpc) is 3.41. The van der Waals surface area contributed by atoms with Crippen LogP contribution in [0.15, 0.2) is 24.3 Å². The third kappa shape index (κ3) is 6.32. The molecule has 35 heavy (non-hydrogen) atoms. The van der Waals surface area contributed by atoms with Crippen LogP contribution < -0.4 is 20.7 Å². The molecular weight excluding hydrogens is 446 g/mol. The van der Waals surface area contributed by atoms with Crippen LogP contribution in [0.2, 0.25) is 0 Å². The summed E-state index contributed by atoms with van der Waals surface area (Å²) in [4.78, 5) is 41.1. The maximum absolute atomic E-state index is 13.1. The molecule has 1 saturated heterocycles. The smallest absolute Gasteiger partial charge is 0.268 e. The van der Waals surface area contributed by atoms with Gasteiger partial charge in [-0.2, -0.15) is 5.26 Å². The first-order valence-corrected chi connectivity index (χ1v) is 12.4. The molecule has 4 rings (SSSR count). The Bertz CT molecular complexity index is 1130. The second-order valence-electron chi connectivity index (χ2n) is 10.0. The molecule has 1 aromatic heterocycles. The fourth-order valence-corrected chi connectivity index (χ4v) is 4.38. The number of hydrogen-bond donors (Lipinski definition) is 4. The zero-order chi connectivity index (χ0) is 24.9. The number of fused-ring (bicyclic) bond motifs is 1. The third-order valence-electron chi connectivity index (χ3n) is 6.52. The molecule has 4 N–H and O–H groups in total. The molecule has 9 nitrogen and oxygen atoms in total. The van der Waals surface area contributed by atoms with Crippen molar-refractivity contribution in [2.75, 3.05) is 13.2 Å². The van der Waals surface area contributed by atoms with Gasteiger partial charge in [0.2, 0.25) is 11.8 Å². The zero-order valence-corrected chi connectivity index (χ0v) is 20.2. The molecule has 9 heteroatoms. The minimum absolute atomic E-state index is 0.0918. The number of benzene rings is 1. The maximum atomic E-state index is 13.1. The standard InChI is InChI=1S/C26H33N5O4/c1-15(2)10-21(25(33)29-18(13-27)11-17-8-9-28-24(17)32)31-26(34)22-12-19-20(30-22)4-3-5-23(19)35-14-16-6-7-16/h3-5,12,15-18,21,30H,6-11,14H2,1-2H3,(H,28,32)(H,29,33)(H,31,34)/t17-,18-,21-/m0/s1. The monoisotopic (exact) mass is 479 g/mol. The molecular formula is C26H33N5O4. The molecule has 3 atom stereocenters. The second-order valence-corrected chi connectivity index (χ2v) is 10.0. The first-order valence-electron chi connectivity index (χ1n) is 12.4. The van der Waals surface area contributed by atoms with Gasteiger partial charge in [-0.05, 0) is 62.1 Å². The molecule has 1 aliphatic carbocycles. The van der Waals surface area contributed by atoms with E-state index in [1.54, 1.807) is 6.07 Å². The molecule has 1 saturated carbocycles. The Balaban J connectivity index is 1.43. The SMILES string of the molecule is CC(C)C[C@H](NC(=O)c1cc2c(OCC3CC3)cccc2[nH]1)C(=O)N[C@H](C#N)C[C@@H]1CCNC1=O. The van der Waals surface area contributed by atoms with Crippen LogP contribution in [0.25, 0.3) is 10.9 Å². The summed E-state index contributed by atoms with van der Waals surface area (Å²) in [5, 5.41) is 18.6. The number of H-pyrrole nitrogens is 1. The zero-order valence-electron chi connectivity index (χ0n) is 20.2. The lowest BCUT2D eigenvalue weighted by atomic mass is 9.98. The molecule has 1 aromatic carbocycles. The minimum atomic E-state index is -0.812. The summed E-state index contributed by atoms with van der Waals surface area (Å²) in [6.45, 7) is 5.18. The van der Waals surface area contributed by atoms with Gasteiger partial charge in [0.1, 0.15) is 23.5 Å². The van der Waals surface area contributed by atoms with Gasteiger partial charge in [-0.15, -0.1) is 0 Å². The lowest BCUT2D eigenvalue weighted by Crippen LogP contribution is -2.50. The number of aromatic nitrogens is 1. The van der Waals surface area contributed by atoms with Crippen LogP contribution in [0, 0.1) is 29.1 Å². The molecule has 2 aromatic rings. The fraction of sp³-hybridized carbons (Fsp3) is 0.538. The van der Waals surface area contributed by atoms with Crippen molar-refractivity contribution in [2.24, 2.45) is 17.8 Å². The number of ether oxygens (including phenoxy) is 1. The number of nitrogens with zero attached hydrogens (tertiary/aromatic N) is 1. The van der Waals surface area contributed by atoms with Crippen LogP contribution >= 0.6 is 0 Å². The van der Waals surface area contributed by atoms with E-state index in [9.17, 15) is 19.6 Å². The summed E-state index contributed by atoms with van der Waals surface area (Å²) in [5.41, 5.74) is 1.12. The first-order chi connectivity index (χ1) is 16.8. The maximum Gasteiger partial charge on any atom is 0.268 e. The lowest BCUT2D eigenvalue weighted by molar-refractivity contribution is -0.125. The fourth-order valence-electron chi connectivity index (χ4n) is 4.38. The number of nitriles is 1. The van der Waals surface area contributed by atoms with Crippen molar-refractivity contribution in [3.05, 3.63) is 30.0 Å². The van der Waals surface area contributed by atoms with Crippen LogP contribution in [-0.4, -0.2) is 47.9 Å². The van der Waals surface area contributed by atoms with E-state index in [-0.39, 0.29) is 24.2 Å². The van der Waals surface area contributed by atoms with E-state index in [4.69, 9.17) is 4.74 Å². The second kappa shape index (κ2) is 10.8. The molecule has 0 spiro atoms. The van der Waals surface area contributed by atoms with Gasteiger partial charge < -0.3 is 25.7 Å². The van der Waals surface area contributed by atoms with Gasteiger partial charge >= 0.3 is 0 Å². The Hall–Kier alpha value is -3.54. The van der Waals surface area contributed by atoms with E-state index in [1.165, 1.54) is 12.8 Å². The van der Waals surface area contributed by atoms with Crippen molar-refractivity contribution in [3.8, 4) is 11.8 Å². The minimum Gasteiger partial charge on any atom is -0.493 e. The van der Waals surface area contributed by atoms with E-state index in [2.05, 4.69) is 27.0 Å². The molecule has 1 aliphatic heterocycles. The Morgan fingerprint density at radius 1 is 1.23 bits per heavy atom. The molecule has 186 valence electrons. The van der Waals surface area contributed by atoms with Crippen molar-refractivity contribution < 1.29 is 19.1 Å². The number of carbonyl (C=O) groups excluding carboxylic acids is 3. The third-order valence-corrected chi connectivity index (χ3v) is 6.52. The summed E-state index contributed by atoms with van der Waals surface area (Å²) in [6.07, 6.45) is 3.69. The normalized spacial score (nSPS) is 19.1. The van der Waals surface area contributed by atoms with E-state index in [0.717, 1.165) is 16.7 Å². The van der Waals surface area contributed by atoms with Gasteiger partial charge in [0, 0.05) is 23.4 Å². The van der Waals surface area contributed by atoms with Crippen molar-refractivity contribution >= 4 is 28.6 Å². The van der Waals surface area contributed by atoms with Gasteiger partial charge in [0.15, 0.2) is 0 Å². The Morgan fingerprint density at radius 3 is 2.69 bits per heavy atom. The van der Waals surface area contributed by atoms with Crippen LogP contribution in [0.4, 0.5) is 0 Å². The average molecular weight is 480 g/mol. The van der Waals surface area contributed by atoms with Crippen LogP contribution in [-0.2, 0) is 9.59 Å². The summed E-state index contributed by atoms with van der Waals surface area (Å²) >= 11 is 0. The molecule has 0 radical (unpaired) electrons. The number of hydrogen-bond acceptors (Lipinski definition) is 5. The van der Waals surface area contributed by atoms with E-state index >= 15 is 0 Å². The Morgan fingerprint density at radius 2 is 2.03 bits per heavy atom. The van der Waals surface area contributed by atoms with E-state index in [0.29, 0.717) is 37.6 Å². The molecule has 2 fully saturated rings. The lowest BCUT2D eigenvalue weighted by Gasteiger charge is -2.22. The number of carbonyl (C=O) groups is 3. The van der Waals surface area contributed by atoms with Gasteiger partial charge in [-0.3, -0.25) is 14.4 Å². The quantitative estimate of drug-likeness (QED) is 0.393. The topological polar surface area (TPSA) is 136 Å². The molecule has 0 unspecified atom stereocenters. The number of aromatic amines is 1. The summed E-state index contributed by atoms with van der Waals surface area (Å²) in [7, 11) is 0. The highest BCUT2D eigenvalue weighted by Crippen LogP contribution is 2.32. The highest BCUT2D eigenvalue weighted by atomic mass is 16.5. The molecule has 2 heterocycles. The van der Waals surface area contributed by atoms with Crippen LogP contribution in [0.5, 0.6) is 5.75 Å². The Kier molecular flexibility index (Phi) is 7.59. The van der Waals surface area contributed by atoms with Gasteiger partial charge in [-0.25, -0.2) is 0 Å².